The first-order valence-electron chi connectivity index (χ1n) is 9.61. The first-order chi connectivity index (χ1) is 11.6. The molecule has 1 N–H and O–H groups in total. The van der Waals surface area contributed by atoms with E-state index in [9.17, 15) is 13.0 Å². The van der Waals surface area contributed by atoms with Gasteiger partial charge >= 0.3 is 37.7 Å². The number of hydrogen-bond donors (Lipinski definition) is 1. The van der Waals surface area contributed by atoms with Gasteiger partial charge in [0, 0.05) is 0 Å². The van der Waals surface area contributed by atoms with Crippen molar-refractivity contribution in [3.05, 3.63) is 29.8 Å². The second-order valence-electron chi connectivity index (χ2n) is 6.72. The minimum atomic E-state index is -4.10. The van der Waals surface area contributed by atoms with Crippen LogP contribution in [0.25, 0.3) is 0 Å². The summed E-state index contributed by atoms with van der Waals surface area (Å²) in [5, 5.41) is 0. The minimum Gasteiger partial charge on any atom is -1.00 e. The molecule has 0 amide bonds. The van der Waals surface area contributed by atoms with Crippen LogP contribution in [0.3, 0.4) is 0 Å². The smallest absolute Gasteiger partial charge is 1.00 e. The Kier molecular flexibility index (Phi) is 15.7. The molecule has 0 saturated heterocycles. The van der Waals surface area contributed by atoms with E-state index in [1.807, 2.05) is 6.07 Å². The number of hydrogen-bond acceptors (Lipinski definition) is 2. The normalized spacial score (nSPS) is 11.3. The van der Waals surface area contributed by atoms with Gasteiger partial charge < -0.3 is 2.85 Å². The molecule has 0 aromatic heterocycles. The maximum atomic E-state index is 11.3. The third kappa shape index (κ3) is 12.4. The summed E-state index contributed by atoms with van der Waals surface area (Å²) in [5.41, 5.74) is 0.729. The molecule has 0 aliphatic rings. The van der Waals surface area contributed by atoms with Crippen LogP contribution in [0.2, 0.25) is 0 Å². The second kappa shape index (κ2) is 15.4. The van der Waals surface area contributed by atoms with Crippen molar-refractivity contribution in [3.63, 3.8) is 0 Å². The molecular weight excluding hydrogens is 360 g/mol. The summed E-state index contributed by atoms with van der Waals surface area (Å²) in [6.07, 6.45) is 16.2. The fourth-order valence-electron chi connectivity index (χ4n) is 3.12. The summed E-state index contributed by atoms with van der Waals surface area (Å²) in [7, 11) is -4.10. The van der Waals surface area contributed by atoms with E-state index < -0.39 is 10.1 Å². The van der Waals surface area contributed by atoms with Gasteiger partial charge in [-0.3, -0.25) is 4.55 Å². The third-order valence-corrected chi connectivity index (χ3v) is 5.50. The first-order valence-corrected chi connectivity index (χ1v) is 11.0. The van der Waals surface area contributed by atoms with E-state index in [1.54, 1.807) is 12.1 Å². The molecule has 0 atom stereocenters. The molecule has 0 aliphatic heterocycles. The number of aryl methyl sites for hydroxylation is 1. The monoisotopic (exact) mass is 396 g/mol. The average Bonchev–Trinajstić information content (AvgIpc) is 2.55. The van der Waals surface area contributed by atoms with Crippen LogP contribution in [0.4, 0.5) is 0 Å². The zero-order valence-corrected chi connectivity index (χ0v) is 18.9. The quantitative estimate of drug-likeness (QED) is 0.238. The van der Waals surface area contributed by atoms with Crippen LogP contribution >= 0.6 is 0 Å². The van der Waals surface area contributed by atoms with Crippen molar-refractivity contribution in [2.24, 2.45) is 0 Å². The topological polar surface area (TPSA) is 54.4 Å². The number of rotatable bonds is 14. The summed E-state index contributed by atoms with van der Waals surface area (Å²) in [6.45, 7) is 2.25. The molecule has 0 unspecified atom stereocenters. The van der Waals surface area contributed by atoms with Crippen LogP contribution in [0.1, 0.15) is 92.4 Å². The zero-order chi connectivity index (χ0) is 17.7. The Morgan fingerprint density at radius 3 is 1.72 bits per heavy atom. The van der Waals surface area contributed by atoms with Gasteiger partial charge in [0.15, 0.2) is 0 Å². The summed E-state index contributed by atoms with van der Waals surface area (Å²) >= 11 is 0. The van der Waals surface area contributed by atoms with E-state index in [-0.39, 0.29) is 45.5 Å². The van der Waals surface area contributed by atoms with Crippen LogP contribution in [0.15, 0.2) is 29.2 Å². The van der Waals surface area contributed by atoms with Gasteiger partial charge in [0.1, 0.15) is 0 Å². The molecule has 25 heavy (non-hydrogen) atoms. The van der Waals surface area contributed by atoms with Crippen LogP contribution in [-0.2, 0) is 16.5 Å². The molecule has 0 fully saturated rings. The summed E-state index contributed by atoms with van der Waals surface area (Å²) in [6, 6.07) is 6.74. The molecular formula is C20H36CaO3S. The molecule has 3 nitrogen and oxygen atoms in total. The number of unbranched alkanes of at least 4 members (excludes halogenated alkanes) is 11. The Morgan fingerprint density at radius 2 is 1.24 bits per heavy atom. The van der Waals surface area contributed by atoms with Gasteiger partial charge in [-0.25, -0.2) is 0 Å². The zero-order valence-electron chi connectivity index (χ0n) is 17.9. The standard InChI is InChI=1S/C20H34O3S.Ca.2H/c1-2-3-4-5-6-7-8-9-10-11-12-13-16-19-17-14-15-18-20(19)24(21,22)23;;;/h14-15,17-18H,2-13,16H2,1H3,(H,21,22,23);;;/q;+2;2*-1. The van der Waals surface area contributed by atoms with Crippen molar-refractivity contribution in [2.75, 3.05) is 0 Å². The maximum absolute atomic E-state index is 11.3. The van der Waals surface area contributed by atoms with E-state index in [2.05, 4.69) is 6.92 Å². The van der Waals surface area contributed by atoms with Gasteiger partial charge in [0.05, 0.1) is 4.90 Å². The Balaban J connectivity index is -0.00000192. The van der Waals surface area contributed by atoms with Crippen molar-refractivity contribution in [3.8, 4) is 0 Å². The molecule has 0 bridgehead atoms. The van der Waals surface area contributed by atoms with Gasteiger partial charge in [-0.05, 0) is 24.5 Å². The van der Waals surface area contributed by atoms with Crippen LogP contribution < -0.4 is 0 Å². The van der Waals surface area contributed by atoms with Crippen LogP contribution in [0.5, 0.6) is 0 Å². The van der Waals surface area contributed by atoms with Gasteiger partial charge in [0.2, 0.25) is 0 Å². The van der Waals surface area contributed by atoms with Crippen molar-refractivity contribution in [2.45, 2.75) is 95.3 Å². The Bertz CT molecular complexity index is 554. The molecule has 0 radical (unpaired) electrons. The Labute approximate surface area is 187 Å². The molecule has 1 aromatic rings. The number of benzene rings is 1. The summed E-state index contributed by atoms with van der Waals surface area (Å²) in [4.78, 5) is 0.0630. The fraction of sp³-hybridized carbons (Fsp3) is 0.700. The summed E-state index contributed by atoms with van der Waals surface area (Å²) in [5.74, 6) is 0. The van der Waals surface area contributed by atoms with Crippen molar-refractivity contribution < 1.29 is 15.8 Å². The predicted molar refractivity (Wildman–Crippen MR) is 109 cm³/mol. The summed E-state index contributed by atoms with van der Waals surface area (Å²) < 4.78 is 31.9. The maximum Gasteiger partial charge on any atom is 2.00 e. The van der Waals surface area contributed by atoms with E-state index in [1.165, 1.54) is 70.3 Å². The van der Waals surface area contributed by atoms with E-state index >= 15 is 0 Å². The Hall–Kier alpha value is 0.390. The third-order valence-electron chi connectivity index (χ3n) is 4.55. The van der Waals surface area contributed by atoms with Crippen molar-refractivity contribution in [1.82, 2.24) is 0 Å². The van der Waals surface area contributed by atoms with Crippen molar-refractivity contribution in [1.29, 1.82) is 0 Å². The second-order valence-corrected chi connectivity index (χ2v) is 8.11. The van der Waals surface area contributed by atoms with Crippen LogP contribution in [0, 0.1) is 0 Å². The predicted octanol–water partition coefficient (Wildman–Crippen LogP) is 6.02. The van der Waals surface area contributed by atoms with Gasteiger partial charge in [0.25, 0.3) is 10.1 Å². The molecule has 1 rings (SSSR count). The molecule has 0 aliphatic carbocycles. The van der Waals surface area contributed by atoms with Gasteiger partial charge in [-0.15, -0.1) is 0 Å². The molecule has 5 heteroatoms. The molecule has 0 heterocycles. The van der Waals surface area contributed by atoms with E-state index in [0.717, 1.165) is 18.4 Å². The Morgan fingerprint density at radius 1 is 0.800 bits per heavy atom. The largest absolute Gasteiger partial charge is 2.00 e. The SMILES string of the molecule is CCCCCCCCCCCCCCc1ccccc1S(=O)(=O)O.[Ca+2].[H-].[H-]. The van der Waals surface area contributed by atoms with Gasteiger partial charge in [-0.2, -0.15) is 8.42 Å². The fourth-order valence-corrected chi connectivity index (χ4v) is 3.87. The van der Waals surface area contributed by atoms with Crippen LogP contribution in [-0.4, -0.2) is 50.7 Å². The average molecular weight is 397 g/mol. The molecule has 1 aromatic carbocycles. The van der Waals surface area contributed by atoms with E-state index in [0.29, 0.717) is 6.42 Å². The minimum absolute atomic E-state index is 0. The molecule has 142 valence electrons. The first kappa shape index (κ1) is 25.4. The molecule has 0 saturated carbocycles. The van der Waals surface area contributed by atoms with E-state index in [4.69, 9.17) is 0 Å². The van der Waals surface area contributed by atoms with Gasteiger partial charge in [-0.1, -0.05) is 95.8 Å². The molecule has 0 spiro atoms. The van der Waals surface area contributed by atoms with Crippen molar-refractivity contribution >= 4 is 47.9 Å².